The van der Waals surface area contributed by atoms with Crippen molar-refractivity contribution in [2.75, 3.05) is 0 Å². The lowest BCUT2D eigenvalue weighted by Crippen LogP contribution is -1.95. The molecule has 0 saturated heterocycles. The zero-order chi connectivity index (χ0) is 11.4. The molecule has 0 bridgehead atoms. The molecule has 82 valence electrons. The molecular weight excluding hydrogens is 230 g/mol. The second kappa shape index (κ2) is 4.87. The number of aromatic nitrogens is 3. The van der Waals surface area contributed by atoms with Crippen molar-refractivity contribution in [3.8, 4) is 11.6 Å². The van der Waals surface area contributed by atoms with E-state index in [-0.39, 0.29) is 12.5 Å². The highest BCUT2D eigenvalue weighted by Gasteiger charge is 2.01. The second-order valence-electron chi connectivity index (χ2n) is 2.95. The van der Waals surface area contributed by atoms with Crippen molar-refractivity contribution in [1.29, 1.82) is 0 Å². The van der Waals surface area contributed by atoms with Gasteiger partial charge in [0.25, 0.3) is 0 Å². The van der Waals surface area contributed by atoms with Crippen molar-refractivity contribution in [1.82, 2.24) is 15.0 Å². The van der Waals surface area contributed by atoms with Gasteiger partial charge in [0.15, 0.2) is 0 Å². The van der Waals surface area contributed by atoms with Crippen LogP contribution in [0.3, 0.4) is 0 Å². The number of hydrogen-bond donors (Lipinski definition) is 1. The number of pyridine rings is 1. The maximum Gasteiger partial charge on any atom is 0.238 e. The molecule has 2 aromatic rings. The van der Waals surface area contributed by atoms with Crippen LogP contribution in [0.1, 0.15) is 5.69 Å². The lowest BCUT2D eigenvalue weighted by Gasteiger charge is -2.04. The SMILES string of the molecule is OCc1cncc(Oc2cncc(Cl)c2)n1. The number of aliphatic hydroxyl groups is 1. The van der Waals surface area contributed by atoms with Crippen LogP contribution in [0.5, 0.6) is 11.6 Å². The molecule has 0 aliphatic heterocycles. The van der Waals surface area contributed by atoms with E-state index < -0.39 is 0 Å². The van der Waals surface area contributed by atoms with Crippen LogP contribution in [-0.2, 0) is 6.61 Å². The Hall–Kier alpha value is -1.72. The highest BCUT2D eigenvalue weighted by molar-refractivity contribution is 6.30. The molecule has 2 heterocycles. The molecular formula is C10H8ClN3O2. The normalized spacial score (nSPS) is 10.1. The van der Waals surface area contributed by atoms with Crippen molar-refractivity contribution in [2.45, 2.75) is 6.61 Å². The van der Waals surface area contributed by atoms with Gasteiger partial charge in [-0.3, -0.25) is 9.97 Å². The summed E-state index contributed by atoms with van der Waals surface area (Å²) >= 11 is 5.75. The van der Waals surface area contributed by atoms with Crippen LogP contribution < -0.4 is 4.74 Å². The fraction of sp³-hybridized carbons (Fsp3) is 0.100. The summed E-state index contributed by atoms with van der Waals surface area (Å²) in [5.41, 5.74) is 0.437. The van der Waals surface area contributed by atoms with Gasteiger partial charge in [0, 0.05) is 12.3 Å². The van der Waals surface area contributed by atoms with Crippen LogP contribution in [0.15, 0.2) is 30.9 Å². The van der Waals surface area contributed by atoms with E-state index in [0.29, 0.717) is 16.5 Å². The smallest absolute Gasteiger partial charge is 0.238 e. The number of rotatable bonds is 3. The van der Waals surface area contributed by atoms with E-state index in [1.54, 1.807) is 6.07 Å². The predicted octanol–water partition coefficient (Wildman–Crippen LogP) is 1.81. The van der Waals surface area contributed by atoms with E-state index in [1.165, 1.54) is 24.8 Å². The predicted molar refractivity (Wildman–Crippen MR) is 57.3 cm³/mol. The first kappa shape index (κ1) is 10.8. The summed E-state index contributed by atoms with van der Waals surface area (Å²) in [6, 6.07) is 1.61. The van der Waals surface area contributed by atoms with E-state index >= 15 is 0 Å². The second-order valence-corrected chi connectivity index (χ2v) is 3.38. The highest BCUT2D eigenvalue weighted by atomic mass is 35.5. The molecule has 0 fully saturated rings. The minimum absolute atomic E-state index is 0.183. The first-order chi connectivity index (χ1) is 7.78. The maximum atomic E-state index is 8.88. The van der Waals surface area contributed by atoms with Crippen LogP contribution in [0.4, 0.5) is 0 Å². The van der Waals surface area contributed by atoms with E-state index in [9.17, 15) is 0 Å². The molecule has 0 saturated carbocycles. The maximum absolute atomic E-state index is 8.88. The Kier molecular flexibility index (Phi) is 3.28. The Labute approximate surface area is 96.7 Å². The molecule has 0 radical (unpaired) electrons. The summed E-state index contributed by atoms with van der Waals surface area (Å²) in [6.07, 6.45) is 5.92. The van der Waals surface area contributed by atoms with Crippen molar-refractivity contribution < 1.29 is 9.84 Å². The Bertz CT molecular complexity index is 493. The summed E-state index contributed by atoms with van der Waals surface area (Å²) in [7, 11) is 0. The van der Waals surface area contributed by atoms with E-state index in [4.69, 9.17) is 21.4 Å². The molecule has 0 atom stereocenters. The van der Waals surface area contributed by atoms with Gasteiger partial charge in [-0.25, -0.2) is 4.98 Å². The monoisotopic (exact) mass is 237 g/mol. The fourth-order valence-corrected chi connectivity index (χ4v) is 1.24. The van der Waals surface area contributed by atoms with Crippen molar-refractivity contribution in [3.05, 3.63) is 41.6 Å². The van der Waals surface area contributed by atoms with Gasteiger partial charge in [-0.05, 0) is 0 Å². The molecule has 0 aromatic carbocycles. The zero-order valence-corrected chi connectivity index (χ0v) is 8.92. The summed E-state index contributed by atoms with van der Waals surface area (Å²) in [5.74, 6) is 0.757. The summed E-state index contributed by atoms with van der Waals surface area (Å²) in [4.78, 5) is 11.8. The van der Waals surface area contributed by atoms with Gasteiger partial charge in [-0.15, -0.1) is 0 Å². The lowest BCUT2D eigenvalue weighted by molar-refractivity contribution is 0.274. The third-order valence-electron chi connectivity index (χ3n) is 1.73. The topological polar surface area (TPSA) is 68.1 Å². The average molecular weight is 238 g/mol. The van der Waals surface area contributed by atoms with Gasteiger partial charge in [-0.2, -0.15) is 0 Å². The number of aliphatic hydroxyl groups excluding tert-OH is 1. The van der Waals surface area contributed by atoms with Gasteiger partial charge in [0.2, 0.25) is 5.88 Å². The molecule has 0 aliphatic carbocycles. The minimum Gasteiger partial charge on any atom is -0.436 e. The molecule has 2 aromatic heterocycles. The zero-order valence-electron chi connectivity index (χ0n) is 8.17. The highest BCUT2D eigenvalue weighted by Crippen LogP contribution is 2.20. The molecule has 5 nitrogen and oxygen atoms in total. The molecule has 0 spiro atoms. The van der Waals surface area contributed by atoms with E-state index in [2.05, 4.69) is 15.0 Å². The van der Waals surface area contributed by atoms with Gasteiger partial charge >= 0.3 is 0 Å². The van der Waals surface area contributed by atoms with Gasteiger partial charge in [-0.1, -0.05) is 11.6 Å². The molecule has 0 aliphatic rings. The van der Waals surface area contributed by atoms with Crippen LogP contribution in [0.25, 0.3) is 0 Å². The number of halogens is 1. The number of hydrogen-bond acceptors (Lipinski definition) is 5. The first-order valence-electron chi connectivity index (χ1n) is 4.48. The lowest BCUT2D eigenvalue weighted by atomic mass is 10.4. The minimum atomic E-state index is -0.183. The Morgan fingerprint density at radius 1 is 1.19 bits per heavy atom. The quantitative estimate of drug-likeness (QED) is 0.882. The van der Waals surface area contributed by atoms with Crippen molar-refractivity contribution in [2.24, 2.45) is 0 Å². The number of nitrogens with zero attached hydrogens (tertiary/aromatic N) is 3. The van der Waals surface area contributed by atoms with Crippen LogP contribution in [-0.4, -0.2) is 20.1 Å². The first-order valence-corrected chi connectivity index (χ1v) is 4.86. The Morgan fingerprint density at radius 2 is 2.00 bits per heavy atom. The van der Waals surface area contributed by atoms with Gasteiger partial charge in [0.05, 0.1) is 35.9 Å². The van der Waals surface area contributed by atoms with Crippen LogP contribution in [0.2, 0.25) is 5.02 Å². The van der Waals surface area contributed by atoms with Gasteiger partial charge in [0.1, 0.15) is 5.75 Å². The van der Waals surface area contributed by atoms with Crippen molar-refractivity contribution in [3.63, 3.8) is 0 Å². The molecule has 2 rings (SSSR count). The van der Waals surface area contributed by atoms with E-state index in [0.717, 1.165) is 0 Å². The Balaban J connectivity index is 2.20. The molecule has 1 N–H and O–H groups in total. The number of ether oxygens (including phenoxy) is 1. The standard InChI is InChI=1S/C10H8ClN3O2/c11-7-1-9(4-12-2-7)16-10-5-13-3-8(6-15)14-10/h1-5,15H,6H2. The molecule has 16 heavy (non-hydrogen) atoms. The molecule has 0 amide bonds. The van der Waals surface area contributed by atoms with E-state index in [1.807, 2.05) is 0 Å². The molecule has 6 heteroatoms. The molecule has 0 unspecified atom stereocenters. The van der Waals surface area contributed by atoms with Crippen LogP contribution in [0, 0.1) is 0 Å². The summed E-state index contributed by atoms with van der Waals surface area (Å²) in [6.45, 7) is -0.183. The third kappa shape index (κ3) is 2.65. The largest absolute Gasteiger partial charge is 0.436 e. The fourth-order valence-electron chi connectivity index (χ4n) is 1.08. The Morgan fingerprint density at radius 3 is 2.75 bits per heavy atom. The summed E-state index contributed by atoms with van der Waals surface area (Å²) in [5, 5.41) is 9.36. The average Bonchev–Trinajstić information content (AvgIpc) is 2.29. The summed E-state index contributed by atoms with van der Waals surface area (Å²) < 4.78 is 5.37. The van der Waals surface area contributed by atoms with Gasteiger partial charge < -0.3 is 9.84 Å². The van der Waals surface area contributed by atoms with Crippen molar-refractivity contribution >= 4 is 11.6 Å². The third-order valence-corrected chi connectivity index (χ3v) is 1.93. The van der Waals surface area contributed by atoms with Crippen LogP contribution >= 0.6 is 11.6 Å².